The highest BCUT2D eigenvalue weighted by Gasteiger charge is 2.34. The first-order valence-electron chi connectivity index (χ1n) is 9.09. The molecule has 2 fully saturated rings. The van der Waals surface area contributed by atoms with Gasteiger partial charge in [-0.3, -0.25) is 14.5 Å². The van der Waals surface area contributed by atoms with Gasteiger partial charge in [0.15, 0.2) is 0 Å². The summed E-state index contributed by atoms with van der Waals surface area (Å²) in [5.74, 6) is 0.931. The zero-order valence-corrected chi connectivity index (χ0v) is 15.6. The highest BCUT2D eigenvalue weighted by Crippen LogP contribution is 2.42. The molecule has 0 aromatic heterocycles. The summed E-state index contributed by atoms with van der Waals surface area (Å²) in [7, 11) is 0. The van der Waals surface area contributed by atoms with E-state index in [0.717, 1.165) is 36.2 Å². The number of benzene rings is 2. The van der Waals surface area contributed by atoms with Crippen LogP contribution >= 0.6 is 11.8 Å². The lowest BCUT2D eigenvalue weighted by Gasteiger charge is -2.25. The Labute approximate surface area is 158 Å². The first-order chi connectivity index (χ1) is 12.7. The van der Waals surface area contributed by atoms with Crippen LogP contribution in [0, 0.1) is 5.92 Å². The molecule has 2 aromatic carbocycles. The molecule has 1 heterocycles. The molecule has 2 amide bonds. The van der Waals surface area contributed by atoms with Crippen molar-refractivity contribution in [1.82, 2.24) is 0 Å². The Morgan fingerprint density at radius 2 is 1.96 bits per heavy atom. The quantitative estimate of drug-likeness (QED) is 0.854. The van der Waals surface area contributed by atoms with E-state index < -0.39 is 0 Å². The van der Waals surface area contributed by atoms with E-state index in [9.17, 15) is 9.59 Å². The van der Waals surface area contributed by atoms with Gasteiger partial charge >= 0.3 is 0 Å². The Morgan fingerprint density at radius 3 is 2.65 bits per heavy atom. The van der Waals surface area contributed by atoms with Gasteiger partial charge in [-0.1, -0.05) is 31.2 Å². The molecular weight excluding hydrogens is 344 g/mol. The number of hydrogen-bond donors (Lipinski definition) is 1. The number of carbonyl (C=O) groups excluding carboxylic acids is 2. The van der Waals surface area contributed by atoms with Crippen molar-refractivity contribution >= 4 is 35.0 Å². The van der Waals surface area contributed by atoms with Gasteiger partial charge in [-0.2, -0.15) is 0 Å². The fraction of sp³-hybridized carbons (Fsp3) is 0.333. The van der Waals surface area contributed by atoms with Crippen LogP contribution in [-0.4, -0.2) is 17.6 Å². The van der Waals surface area contributed by atoms with Gasteiger partial charge in [0, 0.05) is 17.3 Å². The van der Waals surface area contributed by atoms with Crippen LogP contribution in [-0.2, 0) is 16.0 Å². The van der Waals surface area contributed by atoms with Gasteiger partial charge in [-0.25, -0.2) is 0 Å². The Balaban J connectivity index is 1.55. The molecule has 1 atom stereocenters. The van der Waals surface area contributed by atoms with Crippen molar-refractivity contribution in [1.29, 1.82) is 0 Å². The van der Waals surface area contributed by atoms with E-state index in [2.05, 4.69) is 24.4 Å². The van der Waals surface area contributed by atoms with Crippen LogP contribution in [0.5, 0.6) is 0 Å². The Bertz CT molecular complexity index is 830. The molecule has 2 aromatic rings. The van der Waals surface area contributed by atoms with Crippen molar-refractivity contribution in [2.24, 2.45) is 5.92 Å². The second-order valence-electron chi connectivity index (χ2n) is 6.84. The predicted molar refractivity (Wildman–Crippen MR) is 106 cm³/mol. The van der Waals surface area contributed by atoms with E-state index >= 15 is 0 Å². The van der Waals surface area contributed by atoms with Crippen molar-refractivity contribution in [3.63, 3.8) is 0 Å². The van der Waals surface area contributed by atoms with Crippen LogP contribution in [0.15, 0.2) is 48.5 Å². The van der Waals surface area contributed by atoms with E-state index in [0.29, 0.717) is 5.75 Å². The van der Waals surface area contributed by atoms with Crippen LogP contribution < -0.4 is 10.2 Å². The largest absolute Gasteiger partial charge is 0.326 e. The number of carbonyl (C=O) groups is 2. The third-order valence-electron chi connectivity index (χ3n) is 4.88. The molecule has 1 aliphatic carbocycles. The van der Waals surface area contributed by atoms with Crippen molar-refractivity contribution in [2.45, 2.75) is 31.6 Å². The summed E-state index contributed by atoms with van der Waals surface area (Å²) in [6, 6.07) is 16.1. The molecule has 26 heavy (non-hydrogen) atoms. The van der Waals surface area contributed by atoms with Crippen LogP contribution in [0.25, 0.3) is 0 Å². The fourth-order valence-corrected chi connectivity index (χ4v) is 4.37. The number of thioether (sulfide) groups is 1. The van der Waals surface area contributed by atoms with E-state index in [1.165, 1.54) is 5.56 Å². The number of aryl methyl sites for hydroxylation is 1. The molecule has 1 N–H and O–H groups in total. The van der Waals surface area contributed by atoms with E-state index in [1.54, 1.807) is 11.8 Å². The van der Waals surface area contributed by atoms with Crippen LogP contribution in [0.4, 0.5) is 11.4 Å². The summed E-state index contributed by atoms with van der Waals surface area (Å²) in [5.41, 5.74) is 4.08. The average molecular weight is 366 g/mol. The van der Waals surface area contributed by atoms with E-state index in [1.807, 2.05) is 41.3 Å². The molecule has 0 bridgehead atoms. The van der Waals surface area contributed by atoms with Gasteiger partial charge in [0.1, 0.15) is 5.37 Å². The van der Waals surface area contributed by atoms with Gasteiger partial charge in [-0.05, 0) is 54.7 Å². The Hall–Kier alpha value is -2.27. The van der Waals surface area contributed by atoms with Crippen molar-refractivity contribution in [2.75, 3.05) is 16.0 Å². The fourth-order valence-electron chi connectivity index (χ4n) is 3.20. The van der Waals surface area contributed by atoms with E-state index in [4.69, 9.17) is 0 Å². The molecule has 2 aliphatic rings. The van der Waals surface area contributed by atoms with Crippen molar-refractivity contribution in [3.05, 3.63) is 59.7 Å². The molecule has 4 rings (SSSR count). The Kier molecular flexibility index (Phi) is 4.72. The zero-order chi connectivity index (χ0) is 18.1. The van der Waals surface area contributed by atoms with Gasteiger partial charge < -0.3 is 5.32 Å². The molecule has 1 saturated carbocycles. The second-order valence-corrected chi connectivity index (χ2v) is 7.90. The van der Waals surface area contributed by atoms with Gasteiger partial charge in [0.25, 0.3) is 0 Å². The average Bonchev–Trinajstić information content (AvgIpc) is 3.45. The lowest BCUT2D eigenvalue weighted by molar-refractivity contribution is -0.117. The minimum Gasteiger partial charge on any atom is -0.326 e. The minimum atomic E-state index is -0.0252. The Morgan fingerprint density at radius 1 is 1.19 bits per heavy atom. The lowest BCUT2D eigenvalue weighted by atomic mass is 10.1. The van der Waals surface area contributed by atoms with Crippen LogP contribution in [0.3, 0.4) is 0 Å². The molecular formula is C21H22N2O2S. The normalized spacial score (nSPS) is 19.7. The molecule has 4 nitrogen and oxygen atoms in total. The molecule has 0 spiro atoms. The summed E-state index contributed by atoms with van der Waals surface area (Å²) in [5, 5.41) is 2.94. The summed E-state index contributed by atoms with van der Waals surface area (Å²) < 4.78 is 0. The smallest absolute Gasteiger partial charge is 0.238 e. The third-order valence-corrected chi connectivity index (χ3v) is 6.09. The van der Waals surface area contributed by atoms with Gasteiger partial charge in [-0.15, -0.1) is 11.8 Å². The third kappa shape index (κ3) is 3.49. The number of anilines is 2. The number of rotatable bonds is 5. The standard InChI is InChI=1S/C21H22N2O2S/c1-2-14-4-3-5-18(12-14)23-19(24)13-26-21(23)16-8-10-17(11-9-16)22-20(25)15-6-7-15/h3-5,8-12,15,21H,2,6-7,13H2,1H3,(H,22,25)/t21-/m0/s1. The molecule has 1 saturated heterocycles. The molecule has 5 heteroatoms. The number of hydrogen-bond acceptors (Lipinski definition) is 3. The van der Waals surface area contributed by atoms with Gasteiger partial charge in [0.05, 0.1) is 5.75 Å². The first kappa shape index (κ1) is 17.2. The topological polar surface area (TPSA) is 49.4 Å². The highest BCUT2D eigenvalue weighted by molar-refractivity contribution is 8.00. The van der Waals surface area contributed by atoms with Crippen molar-refractivity contribution < 1.29 is 9.59 Å². The molecule has 0 unspecified atom stereocenters. The van der Waals surface area contributed by atoms with Crippen LogP contribution in [0.1, 0.15) is 36.3 Å². The maximum absolute atomic E-state index is 12.5. The summed E-state index contributed by atoms with van der Waals surface area (Å²) in [6.07, 6.45) is 2.94. The summed E-state index contributed by atoms with van der Waals surface area (Å²) >= 11 is 1.64. The SMILES string of the molecule is CCc1cccc(N2C(=O)CS[C@H]2c2ccc(NC(=O)C3CC3)cc2)c1. The predicted octanol–water partition coefficient (Wildman–Crippen LogP) is 4.38. The highest BCUT2D eigenvalue weighted by atomic mass is 32.2. The first-order valence-corrected chi connectivity index (χ1v) is 10.1. The minimum absolute atomic E-state index is 0.0252. The molecule has 1 aliphatic heterocycles. The monoisotopic (exact) mass is 366 g/mol. The van der Waals surface area contributed by atoms with Gasteiger partial charge in [0.2, 0.25) is 11.8 Å². The number of nitrogens with one attached hydrogen (secondary N) is 1. The second kappa shape index (κ2) is 7.16. The molecule has 134 valence electrons. The van der Waals surface area contributed by atoms with Crippen molar-refractivity contribution in [3.8, 4) is 0 Å². The zero-order valence-electron chi connectivity index (χ0n) is 14.8. The summed E-state index contributed by atoms with van der Waals surface area (Å²) in [4.78, 5) is 26.3. The maximum Gasteiger partial charge on any atom is 0.238 e. The summed E-state index contributed by atoms with van der Waals surface area (Å²) in [6.45, 7) is 2.12. The molecule has 0 radical (unpaired) electrons. The number of nitrogens with zero attached hydrogens (tertiary/aromatic N) is 1. The maximum atomic E-state index is 12.5. The van der Waals surface area contributed by atoms with Crippen LogP contribution in [0.2, 0.25) is 0 Å². The van der Waals surface area contributed by atoms with E-state index in [-0.39, 0.29) is 23.1 Å². The lowest BCUT2D eigenvalue weighted by Crippen LogP contribution is -2.27. The number of amides is 2.